The number of carbonyl (C=O) groups is 1. The van der Waals surface area contributed by atoms with Crippen LogP contribution in [0.3, 0.4) is 0 Å². The van der Waals surface area contributed by atoms with E-state index >= 15 is 0 Å². The average Bonchev–Trinajstić information content (AvgIpc) is 2.77. The van der Waals surface area contributed by atoms with Gasteiger partial charge >= 0.3 is 0 Å². The van der Waals surface area contributed by atoms with Crippen LogP contribution in [0.5, 0.6) is 11.5 Å². The quantitative estimate of drug-likeness (QED) is 0.633. The number of primary amides is 1. The molecule has 0 saturated carbocycles. The lowest BCUT2D eigenvalue weighted by Gasteiger charge is -2.35. The average molecular weight is 399 g/mol. The van der Waals surface area contributed by atoms with E-state index in [0.29, 0.717) is 5.75 Å². The zero-order valence-corrected chi connectivity index (χ0v) is 16.8. The van der Waals surface area contributed by atoms with Crippen LogP contribution in [-0.4, -0.2) is 57.4 Å². The molecule has 1 atom stereocenters. The molecule has 3 rings (SSSR count). The number of methoxy groups -OCH3 is 1. The lowest BCUT2D eigenvalue weighted by Crippen LogP contribution is -2.42. The van der Waals surface area contributed by atoms with E-state index in [0.717, 1.165) is 50.7 Å². The number of nitrogens with zero attached hydrogens (tertiary/aromatic N) is 1. The van der Waals surface area contributed by atoms with Crippen LogP contribution in [0, 0.1) is 0 Å². The van der Waals surface area contributed by atoms with Crippen molar-refractivity contribution in [3.63, 3.8) is 0 Å². The number of nitrogens with one attached hydrogen (secondary N) is 1. The number of rotatable bonds is 10. The van der Waals surface area contributed by atoms with Gasteiger partial charge in [-0.2, -0.15) is 0 Å². The van der Waals surface area contributed by atoms with Crippen LogP contribution in [0.15, 0.2) is 48.5 Å². The van der Waals surface area contributed by atoms with Gasteiger partial charge in [-0.15, -0.1) is 0 Å². The maximum atomic E-state index is 10.8. The highest BCUT2D eigenvalue weighted by Gasteiger charge is 2.22. The van der Waals surface area contributed by atoms with Crippen molar-refractivity contribution in [1.82, 2.24) is 10.2 Å². The zero-order valence-electron chi connectivity index (χ0n) is 16.8. The molecule has 29 heavy (non-hydrogen) atoms. The van der Waals surface area contributed by atoms with Gasteiger partial charge in [0.1, 0.15) is 11.5 Å². The Kier molecular flexibility index (Phi) is 7.86. The Morgan fingerprint density at radius 3 is 2.38 bits per heavy atom. The minimum absolute atomic E-state index is 0.110. The molecule has 3 N–H and O–H groups in total. The Bertz CT molecular complexity index is 759. The Balaban J connectivity index is 1.58. The zero-order chi connectivity index (χ0) is 20.5. The normalized spacial score (nSPS) is 15.6. The molecule has 0 unspecified atom stereocenters. The largest absolute Gasteiger partial charge is 0.497 e. The standard InChI is InChI=1S/C22H29N3O4/c1-27-19-8-4-18(5-9-19)21(25-10-12-28-13-11-25)15-24-14-17-2-6-20(7-3-17)29-16-22(23)26/h2-9,21,24H,10-16H2,1H3,(H2,23,26)/t21-/m1/s1. The number of benzene rings is 2. The summed E-state index contributed by atoms with van der Waals surface area (Å²) in [4.78, 5) is 13.3. The van der Waals surface area contributed by atoms with Gasteiger partial charge in [-0.1, -0.05) is 24.3 Å². The summed E-state index contributed by atoms with van der Waals surface area (Å²) in [6.45, 7) is 4.83. The lowest BCUT2D eigenvalue weighted by molar-refractivity contribution is -0.119. The van der Waals surface area contributed by atoms with Crippen molar-refractivity contribution >= 4 is 5.91 Å². The molecule has 7 heteroatoms. The number of amides is 1. The number of morpholine rings is 1. The summed E-state index contributed by atoms with van der Waals surface area (Å²) in [6.07, 6.45) is 0. The molecule has 0 aliphatic carbocycles. The highest BCUT2D eigenvalue weighted by Crippen LogP contribution is 2.24. The van der Waals surface area contributed by atoms with Gasteiger partial charge in [0.15, 0.2) is 6.61 Å². The van der Waals surface area contributed by atoms with E-state index in [9.17, 15) is 4.79 Å². The smallest absolute Gasteiger partial charge is 0.255 e. The van der Waals surface area contributed by atoms with E-state index in [1.165, 1.54) is 5.56 Å². The van der Waals surface area contributed by atoms with Crippen LogP contribution in [0.1, 0.15) is 17.2 Å². The Hall–Kier alpha value is -2.61. The lowest BCUT2D eigenvalue weighted by atomic mass is 10.0. The SMILES string of the molecule is COc1ccc([C@@H](CNCc2ccc(OCC(N)=O)cc2)N2CCOCC2)cc1. The van der Waals surface area contributed by atoms with Crippen molar-refractivity contribution < 1.29 is 19.0 Å². The molecule has 0 aromatic heterocycles. The van der Waals surface area contributed by atoms with E-state index in [1.54, 1.807) is 7.11 Å². The maximum Gasteiger partial charge on any atom is 0.255 e. The molecular weight excluding hydrogens is 370 g/mol. The van der Waals surface area contributed by atoms with Gasteiger partial charge in [0.05, 0.1) is 20.3 Å². The molecule has 156 valence electrons. The fourth-order valence-electron chi connectivity index (χ4n) is 3.38. The number of ether oxygens (including phenoxy) is 3. The second-order valence-electron chi connectivity index (χ2n) is 6.97. The molecule has 1 heterocycles. The highest BCUT2D eigenvalue weighted by atomic mass is 16.5. The fraction of sp³-hybridized carbons (Fsp3) is 0.409. The summed E-state index contributed by atoms with van der Waals surface area (Å²) in [5.41, 5.74) is 7.50. The van der Waals surface area contributed by atoms with Gasteiger partial charge in [0, 0.05) is 32.2 Å². The Morgan fingerprint density at radius 2 is 1.76 bits per heavy atom. The van der Waals surface area contributed by atoms with Crippen molar-refractivity contribution in [3.05, 3.63) is 59.7 Å². The molecule has 2 aromatic carbocycles. The molecule has 1 saturated heterocycles. The van der Waals surface area contributed by atoms with Crippen LogP contribution in [0.2, 0.25) is 0 Å². The molecule has 7 nitrogen and oxygen atoms in total. The van der Waals surface area contributed by atoms with Crippen LogP contribution in [0.25, 0.3) is 0 Å². The summed E-state index contributed by atoms with van der Waals surface area (Å²) in [6, 6.07) is 16.2. The summed E-state index contributed by atoms with van der Waals surface area (Å²) in [7, 11) is 1.68. The fourth-order valence-corrected chi connectivity index (χ4v) is 3.38. The van der Waals surface area contributed by atoms with Gasteiger partial charge in [0.25, 0.3) is 5.91 Å². The summed E-state index contributed by atoms with van der Waals surface area (Å²) in [5.74, 6) is 1.02. The summed E-state index contributed by atoms with van der Waals surface area (Å²) >= 11 is 0. The number of nitrogens with two attached hydrogens (primary N) is 1. The summed E-state index contributed by atoms with van der Waals surface area (Å²) in [5, 5.41) is 3.57. The summed E-state index contributed by atoms with van der Waals surface area (Å²) < 4.78 is 16.1. The number of hydrogen-bond donors (Lipinski definition) is 2. The second kappa shape index (κ2) is 10.8. The minimum Gasteiger partial charge on any atom is -0.497 e. The van der Waals surface area contributed by atoms with E-state index in [2.05, 4.69) is 22.3 Å². The van der Waals surface area contributed by atoms with E-state index in [1.807, 2.05) is 36.4 Å². The topological polar surface area (TPSA) is 86.0 Å². The molecule has 0 radical (unpaired) electrons. The van der Waals surface area contributed by atoms with Gasteiger partial charge in [0.2, 0.25) is 0 Å². The predicted molar refractivity (Wildman–Crippen MR) is 111 cm³/mol. The van der Waals surface area contributed by atoms with E-state index < -0.39 is 5.91 Å². The maximum absolute atomic E-state index is 10.8. The first-order chi connectivity index (χ1) is 14.2. The van der Waals surface area contributed by atoms with Crippen molar-refractivity contribution in [3.8, 4) is 11.5 Å². The number of carbonyl (C=O) groups excluding carboxylic acids is 1. The van der Waals surface area contributed by atoms with Crippen molar-refractivity contribution in [2.75, 3.05) is 46.6 Å². The molecule has 1 fully saturated rings. The van der Waals surface area contributed by atoms with Crippen LogP contribution in [0.4, 0.5) is 0 Å². The van der Waals surface area contributed by atoms with E-state index in [-0.39, 0.29) is 12.6 Å². The number of hydrogen-bond acceptors (Lipinski definition) is 6. The van der Waals surface area contributed by atoms with Gasteiger partial charge in [-0.3, -0.25) is 9.69 Å². The second-order valence-corrected chi connectivity index (χ2v) is 6.97. The third-order valence-electron chi connectivity index (χ3n) is 4.96. The molecular formula is C22H29N3O4. The molecule has 1 amide bonds. The molecule has 0 bridgehead atoms. The third-order valence-corrected chi connectivity index (χ3v) is 4.96. The van der Waals surface area contributed by atoms with Crippen LogP contribution < -0.4 is 20.5 Å². The minimum atomic E-state index is -0.483. The van der Waals surface area contributed by atoms with Crippen molar-refractivity contribution in [2.24, 2.45) is 5.73 Å². The van der Waals surface area contributed by atoms with Gasteiger partial charge < -0.3 is 25.3 Å². The van der Waals surface area contributed by atoms with Gasteiger partial charge in [-0.05, 0) is 35.4 Å². The molecule has 1 aliphatic heterocycles. The third kappa shape index (κ3) is 6.45. The first kappa shape index (κ1) is 21.1. The van der Waals surface area contributed by atoms with Gasteiger partial charge in [-0.25, -0.2) is 0 Å². The molecule has 1 aliphatic rings. The first-order valence-electron chi connectivity index (χ1n) is 9.82. The predicted octanol–water partition coefficient (Wildman–Crippen LogP) is 1.72. The molecule has 2 aromatic rings. The van der Waals surface area contributed by atoms with Crippen LogP contribution >= 0.6 is 0 Å². The van der Waals surface area contributed by atoms with E-state index in [4.69, 9.17) is 19.9 Å². The first-order valence-corrected chi connectivity index (χ1v) is 9.82. The van der Waals surface area contributed by atoms with Crippen molar-refractivity contribution in [2.45, 2.75) is 12.6 Å². The highest BCUT2D eigenvalue weighted by molar-refractivity contribution is 5.75. The monoisotopic (exact) mass is 399 g/mol. The molecule has 0 spiro atoms. The Morgan fingerprint density at radius 1 is 1.10 bits per heavy atom. The van der Waals surface area contributed by atoms with Crippen molar-refractivity contribution in [1.29, 1.82) is 0 Å². The Labute approximate surface area is 171 Å². The van der Waals surface area contributed by atoms with Crippen LogP contribution in [-0.2, 0) is 16.1 Å².